The highest BCUT2D eigenvalue weighted by atomic mass is 79.9. The molecule has 6 heteroatoms. The van der Waals surface area contributed by atoms with Crippen LogP contribution in [0.25, 0.3) is 0 Å². The molecule has 5 nitrogen and oxygen atoms in total. The molecule has 0 heterocycles. The van der Waals surface area contributed by atoms with Gasteiger partial charge >= 0.3 is 0 Å². The highest BCUT2D eigenvalue weighted by Crippen LogP contribution is 2.42. The second kappa shape index (κ2) is 7.70. The third-order valence-corrected chi connectivity index (χ3v) is 5.06. The molecule has 1 amide bonds. The van der Waals surface area contributed by atoms with Crippen LogP contribution in [0.4, 0.5) is 0 Å². The van der Waals surface area contributed by atoms with E-state index in [1.54, 1.807) is 31.5 Å². The molecular weight excluding hydrogens is 384 g/mol. The zero-order valence-electron chi connectivity index (χ0n) is 13.8. The van der Waals surface area contributed by atoms with Crippen LogP contribution in [-0.2, 0) is 0 Å². The van der Waals surface area contributed by atoms with Gasteiger partial charge in [-0.1, -0.05) is 34.5 Å². The fraction of sp³-hybridized carbons (Fsp3) is 0.263. The number of hydrogen-bond acceptors (Lipinski definition) is 4. The van der Waals surface area contributed by atoms with E-state index in [9.17, 15) is 9.90 Å². The normalized spacial score (nSPS) is 14.3. The van der Waals surface area contributed by atoms with Crippen molar-refractivity contribution in [1.82, 2.24) is 5.43 Å². The van der Waals surface area contributed by atoms with Gasteiger partial charge in [-0.05, 0) is 48.6 Å². The van der Waals surface area contributed by atoms with E-state index in [1.807, 2.05) is 12.1 Å². The Bertz CT molecular complexity index is 816. The molecular formula is C19H19BrN2O3. The number of rotatable bonds is 5. The summed E-state index contributed by atoms with van der Waals surface area (Å²) in [4.78, 5) is 12.1. The number of aromatic hydroxyl groups is 1. The van der Waals surface area contributed by atoms with Crippen LogP contribution in [0.1, 0.15) is 46.7 Å². The molecule has 0 radical (unpaired) electrons. The summed E-state index contributed by atoms with van der Waals surface area (Å²) < 4.78 is 6.31. The SMILES string of the molecule is COc1cc(Br)c(C2CCC2)c(/C=N/NC(=O)c2ccccc2O)c1. The monoisotopic (exact) mass is 402 g/mol. The minimum atomic E-state index is -0.457. The van der Waals surface area contributed by atoms with Gasteiger partial charge in [0.2, 0.25) is 0 Å². The lowest BCUT2D eigenvalue weighted by Gasteiger charge is -2.28. The predicted octanol–water partition coefficient (Wildman–Crippen LogP) is 4.19. The number of phenolic OH excluding ortho intramolecular Hbond substituents is 1. The third kappa shape index (κ3) is 3.85. The summed E-state index contributed by atoms with van der Waals surface area (Å²) in [6.45, 7) is 0. The molecule has 0 aliphatic heterocycles. The van der Waals surface area contributed by atoms with Crippen molar-refractivity contribution < 1.29 is 14.6 Å². The Morgan fingerprint density at radius 1 is 1.36 bits per heavy atom. The summed E-state index contributed by atoms with van der Waals surface area (Å²) in [5.74, 6) is 0.690. The molecule has 0 unspecified atom stereocenters. The van der Waals surface area contributed by atoms with E-state index in [2.05, 4.69) is 26.5 Å². The van der Waals surface area contributed by atoms with Gasteiger partial charge in [0, 0.05) is 10.0 Å². The number of para-hydroxylation sites is 1. The molecule has 0 aromatic heterocycles. The molecule has 2 aromatic carbocycles. The highest BCUT2D eigenvalue weighted by molar-refractivity contribution is 9.10. The Balaban J connectivity index is 1.81. The highest BCUT2D eigenvalue weighted by Gasteiger charge is 2.24. The average Bonchev–Trinajstić information content (AvgIpc) is 2.56. The van der Waals surface area contributed by atoms with Gasteiger partial charge in [0.05, 0.1) is 18.9 Å². The van der Waals surface area contributed by atoms with Gasteiger partial charge in [0.25, 0.3) is 5.91 Å². The number of nitrogens with one attached hydrogen (secondary N) is 1. The molecule has 0 saturated heterocycles. The first kappa shape index (κ1) is 17.5. The van der Waals surface area contributed by atoms with Gasteiger partial charge in [0.1, 0.15) is 11.5 Å². The molecule has 130 valence electrons. The Morgan fingerprint density at radius 2 is 2.12 bits per heavy atom. The van der Waals surface area contributed by atoms with Gasteiger partial charge in [-0.25, -0.2) is 5.43 Å². The first-order chi connectivity index (χ1) is 12.1. The number of carbonyl (C=O) groups excluding carboxylic acids is 1. The van der Waals surface area contributed by atoms with E-state index in [4.69, 9.17) is 4.74 Å². The van der Waals surface area contributed by atoms with Crippen molar-refractivity contribution in [3.05, 3.63) is 57.6 Å². The van der Waals surface area contributed by atoms with Crippen LogP contribution in [-0.4, -0.2) is 24.3 Å². The molecule has 1 saturated carbocycles. The van der Waals surface area contributed by atoms with Gasteiger partial charge in [0.15, 0.2) is 0 Å². The second-order valence-electron chi connectivity index (χ2n) is 5.96. The fourth-order valence-electron chi connectivity index (χ4n) is 2.85. The number of methoxy groups -OCH3 is 1. The lowest BCUT2D eigenvalue weighted by atomic mass is 9.78. The van der Waals surface area contributed by atoms with Crippen LogP contribution >= 0.6 is 15.9 Å². The largest absolute Gasteiger partial charge is 0.507 e. The molecule has 1 fully saturated rings. The van der Waals surface area contributed by atoms with Gasteiger partial charge in [-0.15, -0.1) is 0 Å². The van der Waals surface area contributed by atoms with Crippen molar-refractivity contribution >= 4 is 28.1 Å². The fourth-order valence-corrected chi connectivity index (χ4v) is 3.63. The Labute approximate surface area is 154 Å². The van der Waals surface area contributed by atoms with E-state index in [0.29, 0.717) is 5.92 Å². The quantitative estimate of drug-likeness (QED) is 0.581. The predicted molar refractivity (Wildman–Crippen MR) is 100 cm³/mol. The van der Waals surface area contributed by atoms with E-state index in [0.717, 1.165) is 28.6 Å². The van der Waals surface area contributed by atoms with Crippen molar-refractivity contribution in [1.29, 1.82) is 0 Å². The van der Waals surface area contributed by atoms with Crippen molar-refractivity contribution in [2.45, 2.75) is 25.2 Å². The third-order valence-electron chi connectivity index (χ3n) is 4.40. The van der Waals surface area contributed by atoms with Gasteiger partial charge in [-0.2, -0.15) is 5.10 Å². The number of phenols is 1. The summed E-state index contributed by atoms with van der Waals surface area (Å²) in [6, 6.07) is 10.2. The number of ether oxygens (including phenoxy) is 1. The van der Waals surface area contributed by atoms with Crippen LogP contribution in [0.3, 0.4) is 0 Å². The van der Waals surface area contributed by atoms with Gasteiger partial charge < -0.3 is 9.84 Å². The Morgan fingerprint density at radius 3 is 2.76 bits per heavy atom. The maximum absolute atomic E-state index is 12.1. The molecule has 2 aromatic rings. The smallest absolute Gasteiger partial charge is 0.275 e. The first-order valence-electron chi connectivity index (χ1n) is 8.09. The van der Waals surface area contributed by atoms with Crippen molar-refractivity contribution in [2.24, 2.45) is 5.10 Å². The molecule has 3 rings (SSSR count). The summed E-state index contributed by atoms with van der Waals surface area (Å²) in [6.07, 6.45) is 5.15. The molecule has 0 spiro atoms. The lowest BCUT2D eigenvalue weighted by Crippen LogP contribution is -2.18. The van der Waals surface area contributed by atoms with E-state index < -0.39 is 5.91 Å². The first-order valence-corrected chi connectivity index (χ1v) is 8.88. The van der Waals surface area contributed by atoms with Crippen LogP contribution in [0.5, 0.6) is 11.5 Å². The Kier molecular flexibility index (Phi) is 5.38. The van der Waals surface area contributed by atoms with Crippen molar-refractivity contribution in [3.8, 4) is 11.5 Å². The zero-order valence-corrected chi connectivity index (χ0v) is 15.4. The lowest BCUT2D eigenvalue weighted by molar-refractivity contribution is 0.0952. The number of benzene rings is 2. The van der Waals surface area contributed by atoms with Crippen LogP contribution in [0.2, 0.25) is 0 Å². The molecule has 0 atom stereocenters. The second-order valence-corrected chi connectivity index (χ2v) is 6.81. The van der Waals surface area contributed by atoms with Crippen LogP contribution in [0, 0.1) is 0 Å². The number of hydrogen-bond donors (Lipinski definition) is 2. The van der Waals surface area contributed by atoms with Crippen LogP contribution in [0.15, 0.2) is 46.0 Å². The molecule has 0 bridgehead atoms. The van der Waals surface area contributed by atoms with Crippen molar-refractivity contribution in [2.75, 3.05) is 7.11 Å². The van der Waals surface area contributed by atoms with Gasteiger partial charge in [-0.3, -0.25) is 4.79 Å². The Hall–Kier alpha value is -2.34. The summed E-state index contributed by atoms with van der Waals surface area (Å²) >= 11 is 3.62. The minimum absolute atomic E-state index is 0.0746. The molecule has 2 N–H and O–H groups in total. The summed E-state index contributed by atoms with van der Waals surface area (Å²) in [5, 5.41) is 13.8. The topological polar surface area (TPSA) is 70.9 Å². The van der Waals surface area contributed by atoms with Crippen LogP contribution < -0.4 is 10.2 Å². The average molecular weight is 403 g/mol. The zero-order chi connectivity index (χ0) is 17.8. The summed E-state index contributed by atoms with van der Waals surface area (Å²) in [7, 11) is 1.62. The molecule has 25 heavy (non-hydrogen) atoms. The maximum Gasteiger partial charge on any atom is 0.275 e. The molecule has 1 aliphatic carbocycles. The van der Waals surface area contributed by atoms with E-state index >= 15 is 0 Å². The standard InChI is InChI=1S/C19H19BrN2O3/c1-25-14-9-13(18(16(20)10-14)12-5-4-6-12)11-21-22-19(24)15-7-2-3-8-17(15)23/h2-3,7-12,23H,4-6H2,1H3,(H,22,24)/b21-11+. The molecule has 1 aliphatic rings. The van der Waals surface area contributed by atoms with E-state index in [-0.39, 0.29) is 11.3 Å². The maximum atomic E-state index is 12.1. The van der Waals surface area contributed by atoms with E-state index in [1.165, 1.54) is 18.1 Å². The minimum Gasteiger partial charge on any atom is -0.507 e. The number of halogens is 1. The number of amides is 1. The number of hydrazone groups is 1. The number of nitrogens with zero attached hydrogens (tertiary/aromatic N) is 1. The van der Waals surface area contributed by atoms with Crippen molar-refractivity contribution in [3.63, 3.8) is 0 Å². The number of carbonyl (C=O) groups is 1. The summed E-state index contributed by atoms with van der Waals surface area (Å²) in [5.41, 5.74) is 4.75.